The van der Waals surface area contributed by atoms with E-state index in [1.807, 2.05) is 0 Å². The van der Waals surface area contributed by atoms with Gasteiger partial charge in [0.1, 0.15) is 0 Å². The van der Waals surface area contributed by atoms with Crippen molar-refractivity contribution >= 4 is 11.6 Å². The summed E-state index contributed by atoms with van der Waals surface area (Å²) >= 11 is 0. The molecule has 0 amide bonds. The summed E-state index contributed by atoms with van der Waals surface area (Å²) in [6, 6.07) is 0. The Morgan fingerprint density at radius 2 is 1.64 bits per heavy atom. The summed E-state index contributed by atoms with van der Waals surface area (Å²) in [7, 11) is 0. The Kier molecular flexibility index (Phi) is 3.34. The molecule has 4 heteroatoms. The van der Waals surface area contributed by atoms with Crippen molar-refractivity contribution < 1.29 is 18.4 Å². The van der Waals surface area contributed by atoms with Gasteiger partial charge in [0.05, 0.1) is 0 Å². The maximum atomic E-state index is 13.0. The second-order valence-electron chi connectivity index (χ2n) is 3.83. The molecular formula is C10H14F2O2. The van der Waals surface area contributed by atoms with Crippen molar-refractivity contribution in [2.45, 2.75) is 45.0 Å². The minimum Gasteiger partial charge on any atom is -0.293 e. The van der Waals surface area contributed by atoms with E-state index < -0.39 is 23.4 Å². The maximum absolute atomic E-state index is 13.0. The first-order chi connectivity index (χ1) is 6.46. The molecule has 1 fully saturated rings. The Morgan fingerprint density at radius 3 is 2.07 bits per heavy atom. The van der Waals surface area contributed by atoms with Crippen LogP contribution in [0.2, 0.25) is 0 Å². The standard InChI is InChI=1S/C10H14F2O2/c1-7(13)10(11,12)9(14)8-5-3-2-4-6-8/h8H,2-6H2,1H3. The van der Waals surface area contributed by atoms with Crippen LogP contribution in [0.4, 0.5) is 8.78 Å². The van der Waals surface area contributed by atoms with Crippen LogP contribution in [0.3, 0.4) is 0 Å². The van der Waals surface area contributed by atoms with Crippen molar-refractivity contribution in [1.29, 1.82) is 0 Å². The fourth-order valence-electron chi connectivity index (χ4n) is 1.79. The second-order valence-corrected chi connectivity index (χ2v) is 3.83. The van der Waals surface area contributed by atoms with Gasteiger partial charge >= 0.3 is 5.92 Å². The van der Waals surface area contributed by atoms with Crippen LogP contribution in [-0.4, -0.2) is 17.5 Å². The predicted octanol–water partition coefficient (Wildman–Crippen LogP) is 2.36. The van der Waals surface area contributed by atoms with Crippen LogP contribution >= 0.6 is 0 Å². The van der Waals surface area contributed by atoms with Gasteiger partial charge in [-0.05, 0) is 12.8 Å². The van der Waals surface area contributed by atoms with E-state index in [1.54, 1.807) is 0 Å². The lowest BCUT2D eigenvalue weighted by Gasteiger charge is -2.23. The van der Waals surface area contributed by atoms with Crippen LogP contribution in [0.1, 0.15) is 39.0 Å². The maximum Gasteiger partial charge on any atom is 0.362 e. The quantitative estimate of drug-likeness (QED) is 0.661. The summed E-state index contributed by atoms with van der Waals surface area (Å²) in [6.07, 6.45) is 3.62. The number of hydrogen-bond acceptors (Lipinski definition) is 2. The van der Waals surface area contributed by atoms with Gasteiger partial charge in [-0.2, -0.15) is 8.78 Å². The molecule has 0 aromatic carbocycles. The van der Waals surface area contributed by atoms with Gasteiger partial charge in [-0.1, -0.05) is 19.3 Å². The van der Waals surface area contributed by atoms with Crippen LogP contribution in [0.5, 0.6) is 0 Å². The lowest BCUT2D eigenvalue weighted by Crippen LogP contribution is -2.41. The van der Waals surface area contributed by atoms with Crippen molar-refractivity contribution in [3.63, 3.8) is 0 Å². The van der Waals surface area contributed by atoms with Gasteiger partial charge in [0.25, 0.3) is 0 Å². The third-order valence-corrected chi connectivity index (χ3v) is 2.73. The molecular weight excluding hydrogens is 190 g/mol. The minimum atomic E-state index is -3.76. The number of carbonyl (C=O) groups excluding carboxylic acids is 2. The van der Waals surface area contributed by atoms with Crippen LogP contribution in [0, 0.1) is 5.92 Å². The molecule has 0 N–H and O–H groups in total. The van der Waals surface area contributed by atoms with E-state index in [4.69, 9.17) is 0 Å². The van der Waals surface area contributed by atoms with Crippen LogP contribution in [-0.2, 0) is 9.59 Å². The number of carbonyl (C=O) groups is 2. The van der Waals surface area contributed by atoms with Crippen molar-refractivity contribution in [1.82, 2.24) is 0 Å². The number of alkyl halides is 2. The molecule has 0 aromatic rings. The Bertz CT molecular complexity index is 243. The average Bonchev–Trinajstić information content (AvgIpc) is 2.17. The molecule has 1 rings (SSSR count). The Hall–Kier alpha value is -0.800. The number of rotatable bonds is 3. The van der Waals surface area contributed by atoms with E-state index in [2.05, 4.69) is 0 Å². The van der Waals surface area contributed by atoms with Gasteiger partial charge < -0.3 is 0 Å². The van der Waals surface area contributed by atoms with Gasteiger partial charge in [-0.15, -0.1) is 0 Å². The van der Waals surface area contributed by atoms with E-state index in [1.165, 1.54) is 0 Å². The lowest BCUT2D eigenvalue weighted by atomic mass is 9.83. The third-order valence-electron chi connectivity index (χ3n) is 2.73. The van der Waals surface area contributed by atoms with E-state index in [0.29, 0.717) is 12.8 Å². The molecule has 0 heterocycles. The molecule has 2 nitrogen and oxygen atoms in total. The highest BCUT2D eigenvalue weighted by Crippen LogP contribution is 2.30. The zero-order valence-corrected chi connectivity index (χ0v) is 8.19. The largest absolute Gasteiger partial charge is 0.362 e. The predicted molar refractivity (Wildman–Crippen MR) is 47.2 cm³/mol. The van der Waals surface area contributed by atoms with Gasteiger partial charge in [-0.25, -0.2) is 0 Å². The lowest BCUT2D eigenvalue weighted by molar-refractivity contribution is -0.158. The summed E-state index contributed by atoms with van der Waals surface area (Å²) in [4.78, 5) is 21.9. The summed E-state index contributed by atoms with van der Waals surface area (Å²) in [5, 5.41) is 0. The Labute approximate surface area is 81.7 Å². The normalized spacial score (nSPS) is 19.4. The first kappa shape index (κ1) is 11.3. The highest BCUT2D eigenvalue weighted by atomic mass is 19.3. The van der Waals surface area contributed by atoms with Crippen molar-refractivity contribution in [3.05, 3.63) is 0 Å². The molecule has 14 heavy (non-hydrogen) atoms. The number of hydrogen-bond donors (Lipinski definition) is 0. The molecule has 0 spiro atoms. The molecule has 0 radical (unpaired) electrons. The second kappa shape index (κ2) is 4.15. The van der Waals surface area contributed by atoms with Gasteiger partial charge in [-0.3, -0.25) is 9.59 Å². The summed E-state index contributed by atoms with van der Waals surface area (Å²) in [5.74, 6) is -6.89. The van der Waals surface area contributed by atoms with Crippen LogP contribution < -0.4 is 0 Å². The van der Waals surface area contributed by atoms with E-state index >= 15 is 0 Å². The fourth-order valence-corrected chi connectivity index (χ4v) is 1.79. The number of Topliss-reactive ketones (excluding diaryl/α,β-unsaturated/α-hetero) is 2. The van der Waals surface area contributed by atoms with Gasteiger partial charge in [0, 0.05) is 12.8 Å². The summed E-state index contributed by atoms with van der Waals surface area (Å²) in [5.41, 5.74) is 0. The smallest absolute Gasteiger partial charge is 0.293 e. The van der Waals surface area contributed by atoms with Gasteiger partial charge in [0.2, 0.25) is 11.6 Å². The minimum absolute atomic E-state index is 0.502. The van der Waals surface area contributed by atoms with Crippen molar-refractivity contribution in [3.8, 4) is 0 Å². The van der Waals surface area contributed by atoms with Crippen LogP contribution in [0.15, 0.2) is 0 Å². The number of ketones is 2. The molecule has 0 bridgehead atoms. The third kappa shape index (κ3) is 2.16. The molecule has 1 aliphatic carbocycles. The molecule has 1 saturated carbocycles. The molecule has 0 aliphatic heterocycles. The Morgan fingerprint density at radius 1 is 1.14 bits per heavy atom. The zero-order chi connectivity index (χ0) is 10.8. The van der Waals surface area contributed by atoms with Crippen molar-refractivity contribution in [2.75, 3.05) is 0 Å². The number of halogens is 2. The highest BCUT2D eigenvalue weighted by molar-refractivity contribution is 6.08. The summed E-state index contributed by atoms with van der Waals surface area (Å²) in [6.45, 7) is 0.765. The molecule has 0 saturated heterocycles. The first-order valence-corrected chi connectivity index (χ1v) is 4.89. The Balaban J connectivity index is 2.67. The monoisotopic (exact) mass is 204 g/mol. The van der Waals surface area contributed by atoms with E-state index in [9.17, 15) is 18.4 Å². The molecule has 0 unspecified atom stereocenters. The van der Waals surface area contributed by atoms with E-state index in [-0.39, 0.29) is 0 Å². The van der Waals surface area contributed by atoms with Crippen molar-refractivity contribution in [2.24, 2.45) is 5.92 Å². The topological polar surface area (TPSA) is 34.1 Å². The fraction of sp³-hybridized carbons (Fsp3) is 0.800. The SMILES string of the molecule is CC(=O)C(F)(F)C(=O)C1CCCCC1. The first-order valence-electron chi connectivity index (χ1n) is 4.89. The molecule has 0 atom stereocenters. The molecule has 80 valence electrons. The van der Waals surface area contributed by atoms with Crippen LogP contribution in [0.25, 0.3) is 0 Å². The molecule has 1 aliphatic rings. The molecule has 0 aromatic heterocycles. The average molecular weight is 204 g/mol. The summed E-state index contributed by atoms with van der Waals surface area (Å²) < 4.78 is 26.1. The highest BCUT2D eigenvalue weighted by Gasteiger charge is 2.47. The zero-order valence-electron chi connectivity index (χ0n) is 8.19. The van der Waals surface area contributed by atoms with Gasteiger partial charge in [0.15, 0.2) is 0 Å². The van der Waals surface area contributed by atoms with E-state index in [0.717, 1.165) is 26.2 Å².